The zero-order valence-electron chi connectivity index (χ0n) is 14.0. The van der Waals surface area contributed by atoms with E-state index in [0.717, 1.165) is 6.42 Å². The van der Waals surface area contributed by atoms with Crippen LogP contribution in [0.1, 0.15) is 36.5 Å². The van der Waals surface area contributed by atoms with Gasteiger partial charge >= 0.3 is 0 Å². The molecule has 0 unspecified atom stereocenters. The Morgan fingerprint density at radius 1 is 1.16 bits per heavy atom. The molecule has 4 rings (SSSR count). The largest absolute Gasteiger partial charge is 0.454 e. The number of carbonyl (C=O) groups is 1. The van der Waals surface area contributed by atoms with Crippen LogP contribution in [0.25, 0.3) is 0 Å². The van der Waals surface area contributed by atoms with Crippen molar-refractivity contribution in [1.82, 2.24) is 5.32 Å². The average Bonchev–Trinajstić information content (AvgIpc) is 3.31. The average molecular weight is 339 g/mol. The maximum absolute atomic E-state index is 12.5. The monoisotopic (exact) mass is 339 g/mol. The summed E-state index contributed by atoms with van der Waals surface area (Å²) in [7, 11) is 0. The van der Waals surface area contributed by atoms with Gasteiger partial charge in [0.1, 0.15) is 0 Å². The third kappa shape index (κ3) is 3.20. The molecule has 0 bridgehead atoms. The quantitative estimate of drug-likeness (QED) is 0.879. The second-order valence-electron chi connectivity index (χ2n) is 6.71. The van der Waals surface area contributed by atoms with Crippen LogP contribution in [0.15, 0.2) is 48.5 Å². The van der Waals surface area contributed by atoms with E-state index in [4.69, 9.17) is 9.47 Å². The van der Waals surface area contributed by atoms with E-state index in [1.165, 1.54) is 5.56 Å². The highest BCUT2D eigenvalue weighted by molar-refractivity contribution is 5.83. The Kier molecular flexibility index (Phi) is 4.09. The lowest BCUT2D eigenvalue weighted by Crippen LogP contribution is -2.38. The molecule has 0 saturated heterocycles. The fourth-order valence-electron chi connectivity index (χ4n) is 3.35. The molecule has 0 spiro atoms. The highest BCUT2D eigenvalue weighted by Gasteiger charge is 2.44. The topological polar surface area (TPSA) is 67.8 Å². The number of nitrogens with one attached hydrogen (secondary N) is 1. The van der Waals surface area contributed by atoms with E-state index in [1.807, 2.05) is 25.1 Å². The van der Waals surface area contributed by atoms with E-state index in [1.54, 1.807) is 18.2 Å². The molecule has 1 aliphatic heterocycles. The molecule has 4 atom stereocenters. The van der Waals surface area contributed by atoms with Gasteiger partial charge in [0.2, 0.25) is 12.7 Å². The van der Waals surface area contributed by atoms with Crippen LogP contribution in [0.5, 0.6) is 11.5 Å². The van der Waals surface area contributed by atoms with Gasteiger partial charge in [-0.1, -0.05) is 36.4 Å². The highest BCUT2D eigenvalue weighted by atomic mass is 16.7. The van der Waals surface area contributed by atoms with Crippen LogP contribution in [-0.4, -0.2) is 23.8 Å². The first-order valence-corrected chi connectivity index (χ1v) is 8.56. The van der Waals surface area contributed by atoms with Crippen LogP contribution in [0.3, 0.4) is 0 Å². The standard InChI is InChI=1S/C20H21NO4/c1-12(19(22)14-7-8-17-18(9-14)25-11-24-17)21-20(23)16-10-15(16)13-5-3-2-4-6-13/h2-9,12,15-16,19,22H,10-11H2,1H3,(H,21,23)/t12-,15-,16+,19-/m0/s1. The van der Waals surface area contributed by atoms with Gasteiger partial charge in [-0.2, -0.15) is 0 Å². The SMILES string of the molecule is C[C@H](NC(=O)[C@@H]1C[C@H]1c1ccccc1)[C@H](O)c1ccc2c(c1)OCO2. The minimum Gasteiger partial charge on any atom is -0.454 e. The summed E-state index contributed by atoms with van der Waals surface area (Å²) in [6, 6.07) is 15.0. The van der Waals surface area contributed by atoms with Crippen molar-refractivity contribution in [1.29, 1.82) is 0 Å². The summed E-state index contributed by atoms with van der Waals surface area (Å²) in [5.41, 5.74) is 1.90. The van der Waals surface area contributed by atoms with Gasteiger partial charge < -0.3 is 19.9 Å². The molecule has 2 N–H and O–H groups in total. The molecule has 2 aromatic rings. The Balaban J connectivity index is 1.37. The highest BCUT2D eigenvalue weighted by Crippen LogP contribution is 2.47. The van der Waals surface area contributed by atoms with Gasteiger partial charge in [-0.05, 0) is 42.5 Å². The maximum Gasteiger partial charge on any atom is 0.231 e. The summed E-state index contributed by atoms with van der Waals surface area (Å²) in [6.45, 7) is 2.01. The van der Waals surface area contributed by atoms with E-state index in [9.17, 15) is 9.90 Å². The number of hydrogen-bond donors (Lipinski definition) is 2. The number of carbonyl (C=O) groups excluding carboxylic acids is 1. The first-order chi connectivity index (χ1) is 12.1. The number of aliphatic hydroxyl groups excluding tert-OH is 1. The number of aliphatic hydroxyl groups is 1. The Labute approximate surface area is 146 Å². The van der Waals surface area contributed by atoms with Gasteiger partial charge in [0.15, 0.2) is 11.5 Å². The van der Waals surface area contributed by atoms with Gasteiger partial charge in [-0.3, -0.25) is 4.79 Å². The van der Waals surface area contributed by atoms with Gasteiger partial charge in [-0.15, -0.1) is 0 Å². The zero-order chi connectivity index (χ0) is 17.4. The van der Waals surface area contributed by atoms with Crippen LogP contribution < -0.4 is 14.8 Å². The van der Waals surface area contributed by atoms with E-state index in [-0.39, 0.29) is 30.6 Å². The third-order valence-corrected chi connectivity index (χ3v) is 4.94. The fourth-order valence-corrected chi connectivity index (χ4v) is 3.35. The molecule has 2 aliphatic rings. The summed E-state index contributed by atoms with van der Waals surface area (Å²) in [6.07, 6.45) is 0.0650. The second-order valence-corrected chi connectivity index (χ2v) is 6.71. The van der Waals surface area contributed by atoms with Crippen LogP contribution in [0.4, 0.5) is 0 Å². The lowest BCUT2D eigenvalue weighted by molar-refractivity contribution is -0.123. The van der Waals surface area contributed by atoms with Crippen LogP contribution >= 0.6 is 0 Å². The molecular weight excluding hydrogens is 318 g/mol. The molecule has 1 saturated carbocycles. The minimum atomic E-state index is -0.799. The smallest absolute Gasteiger partial charge is 0.231 e. The van der Waals surface area contributed by atoms with Gasteiger partial charge in [0.05, 0.1) is 12.1 Å². The summed E-state index contributed by atoms with van der Waals surface area (Å²) in [4.78, 5) is 12.5. The Morgan fingerprint density at radius 2 is 1.92 bits per heavy atom. The first kappa shape index (κ1) is 16.0. The van der Waals surface area contributed by atoms with Crippen molar-refractivity contribution in [3.05, 3.63) is 59.7 Å². The van der Waals surface area contributed by atoms with Crippen molar-refractivity contribution in [2.45, 2.75) is 31.4 Å². The van der Waals surface area contributed by atoms with Crippen LogP contribution in [0.2, 0.25) is 0 Å². The van der Waals surface area contributed by atoms with E-state index < -0.39 is 6.10 Å². The molecule has 5 nitrogen and oxygen atoms in total. The lowest BCUT2D eigenvalue weighted by Gasteiger charge is -2.21. The summed E-state index contributed by atoms with van der Waals surface area (Å²) in [5, 5.41) is 13.5. The minimum absolute atomic E-state index is 0.00106. The summed E-state index contributed by atoms with van der Waals surface area (Å²) in [5.74, 6) is 1.59. The lowest BCUT2D eigenvalue weighted by atomic mass is 10.0. The first-order valence-electron chi connectivity index (χ1n) is 8.56. The number of amides is 1. The number of ether oxygens (including phenoxy) is 2. The molecule has 5 heteroatoms. The molecule has 0 aromatic heterocycles. The predicted molar refractivity (Wildman–Crippen MR) is 92.4 cm³/mol. The number of rotatable bonds is 5. The molecule has 0 radical (unpaired) electrons. The van der Waals surface area contributed by atoms with Gasteiger partial charge in [-0.25, -0.2) is 0 Å². The molecule has 1 fully saturated rings. The van der Waals surface area contributed by atoms with Gasteiger partial charge in [0, 0.05) is 5.92 Å². The molecule has 1 heterocycles. The van der Waals surface area contributed by atoms with Crippen molar-refractivity contribution >= 4 is 5.91 Å². The summed E-state index contributed by atoms with van der Waals surface area (Å²) < 4.78 is 10.6. The van der Waals surface area contributed by atoms with Crippen molar-refractivity contribution in [3.8, 4) is 11.5 Å². The molecule has 25 heavy (non-hydrogen) atoms. The number of hydrogen-bond acceptors (Lipinski definition) is 4. The van der Waals surface area contributed by atoms with E-state index >= 15 is 0 Å². The van der Waals surface area contributed by atoms with Crippen molar-refractivity contribution < 1.29 is 19.4 Å². The van der Waals surface area contributed by atoms with Crippen LogP contribution in [-0.2, 0) is 4.79 Å². The third-order valence-electron chi connectivity index (χ3n) is 4.94. The Morgan fingerprint density at radius 3 is 2.72 bits per heavy atom. The van der Waals surface area contributed by atoms with Crippen molar-refractivity contribution in [3.63, 3.8) is 0 Å². The predicted octanol–water partition coefficient (Wildman–Crippen LogP) is 2.76. The van der Waals surface area contributed by atoms with E-state index in [2.05, 4.69) is 17.4 Å². The Bertz CT molecular complexity index is 777. The maximum atomic E-state index is 12.5. The molecule has 1 amide bonds. The second kappa shape index (κ2) is 6.41. The van der Waals surface area contributed by atoms with Crippen molar-refractivity contribution in [2.24, 2.45) is 5.92 Å². The van der Waals surface area contributed by atoms with Crippen molar-refractivity contribution in [2.75, 3.05) is 6.79 Å². The number of benzene rings is 2. The molecular formula is C20H21NO4. The summed E-state index contributed by atoms with van der Waals surface area (Å²) >= 11 is 0. The normalized spacial score (nSPS) is 23.0. The van der Waals surface area contributed by atoms with Gasteiger partial charge in [0.25, 0.3) is 0 Å². The zero-order valence-corrected chi connectivity index (χ0v) is 14.0. The van der Waals surface area contributed by atoms with E-state index in [0.29, 0.717) is 17.1 Å². The molecule has 2 aromatic carbocycles. The van der Waals surface area contributed by atoms with Crippen LogP contribution in [0, 0.1) is 5.92 Å². The Hall–Kier alpha value is -2.53. The number of fused-ring (bicyclic) bond motifs is 1. The molecule has 1 aliphatic carbocycles. The molecule has 130 valence electrons. The fraction of sp³-hybridized carbons (Fsp3) is 0.350.